The Morgan fingerprint density at radius 2 is 1.80 bits per heavy atom. The van der Waals surface area contributed by atoms with E-state index in [2.05, 4.69) is 53.8 Å². The third-order valence-corrected chi connectivity index (χ3v) is 4.78. The second-order valence-electron chi connectivity index (χ2n) is 5.29. The minimum absolute atomic E-state index is 0.964. The summed E-state index contributed by atoms with van der Waals surface area (Å²) < 4.78 is 0. The molecule has 0 saturated heterocycles. The molecule has 20 heavy (non-hydrogen) atoms. The van der Waals surface area contributed by atoms with Crippen molar-refractivity contribution in [2.45, 2.75) is 30.7 Å². The number of hydrogen-bond acceptors (Lipinski definition) is 2. The molecule has 0 aromatic heterocycles. The van der Waals surface area contributed by atoms with E-state index in [9.17, 15) is 0 Å². The lowest BCUT2D eigenvalue weighted by Gasteiger charge is -2.06. The average Bonchev–Trinajstić information content (AvgIpc) is 2.95. The van der Waals surface area contributed by atoms with Crippen LogP contribution < -0.4 is 5.32 Å². The molecule has 1 N–H and O–H groups in total. The number of thioether (sulfide) groups is 1. The maximum Gasteiger partial charge on any atom is 0.0205 e. The van der Waals surface area contributed by atoms with Crippen molar-refractivity contribution in [3.8, 4) is 0 Å². The molecule has 0 unspecified atom stereocenters. The second-order valence-corrected chi connectivity index (χ2v) is 6.46. The zero-order valence-electron chi connectivity index (χ0n) is 11.8. The number of hydrogen-bond donors (Lipinski definition) is 1. The monoisotopic (exact) mass is 283 g/mol. The Morgan fingerprint density at radius 1 is 0.950 bits per heavy atom. The van der Waals surface area contributed by atoms with E-state index in [0.29, 0.717) is 0 Å². The van der Waals surface area contributed by atoms with Crippen LogP contribution in [0.15, 0.2) is 53.4 Å². The minimum atomic E-state index is 0.964. The predicted molar refractivity (Wildman–Crippen MR) is 87.3 cm³/mol. The van der Waals surface area contributed by atoms with Crippen molar-refractivity contribution in [1.82, 2.24) is 5.32 Å². The van der Waals surface area contributed by atoms with Gasteiger partial charge in [-0.15, -0.1) is 11.8 Å². The van der Waals surface area contributed by atoms with Crippen molar-refractivity contribution in [2.24, 2.45) is 0 Å². The first-order chi connectivity index (χ1) is 9.92. The molecule has 0 radical (unpaired) electrons. The lowest BCUT2D eigenvalue weighted by Crippen LogP contribution is -2.16. The second kappa shape index (κ2) is 6.96. The van der Waals surface area contributed by atoms with Gasteiger partial charge in [0.15, 0.2) is 0 Å². The Balaban J connectivity index is 1.40. The van der Waals surface area contributed by atoms with Gasteiger partial charge in [0.1, 0.15) is 0 Å². The quantitative estimate of drug-likeness (QED) is 0.634. The number of fused-ring (bicyclic) bond motifs is 1. The molecule has 0 heterocycles. The third kappa shape index (κ3) is 3.65. The smallest absolute Gasteiger partial charge is 0.0205 e. The van der Waals surface area contributed by atoms with Crippen LogP contribution in [0, 0.1) is 0 Å². The molecule has 2 heteroatoms. The lowest BCUT2D eigenvalue weighted by molar-refractivity contribution is 0.732. The number of nitrogens with one attached hydrogen (secondary N) is 1. The molecular weight excluding hydrogens is 262 g/mol. The molecule has 0 bridgehead atoms. The summed E-state index contributed by atoms with van der Waals surface area (Å²) >= 11 is 1.96. The van der Waals surface area contributed by atoms with Crippen molar-refractivity contribution in [2.75, 3.05) is 12.3 Å². The highest BCUT2D eigenvalue weighted by Gasteiger charge is 2.10. The van der Waals surface area contributed by atoms with Crippen LogP contribution in [0.25, 0.3) is 0 Å². The van der Waals surface area contributed by atoms with Crippen molar-refractivity contribution >= 4 is 11.8 Å². The van der Waals surface area contributed by atoms with E-state index in [-0.39, 0.29) is 0 Å². The Hall–Kier alpha value is -1.25. The first-order valence-corrected chi connectivity index (χ1v) is 8.39. The molecule has 0 aliphatic heterocycles. The van der Waals surface area contributed by atoms with Crippen LogP contribution in [-0.4, -0.2) is 12.3 Å². The van der Waals surface area contributed by atoms with Crippen molar-refractivity contribution in [3.63, 3.8) is 0 Å². The predicted octanol–water partition coefficient (Wildman–Crippen LogP) is 4.06. The molecule has 1 nitrogen and oxygen atoms in total. The van der Waals surface area contributed by atoms with E-state index in [4.69, 9.17) is 0 Å². The lowest BCUT2D eigenvalue weighted by atomic mass is 10.1. The topological polar surface area (TPSA) is 12.0 Å². The largest absolute Gasteiger partial charge is 0.312 e. The Labute approximate surface area is 125 Å². The molecule has 1 aliphatic rings. The molecule has 0 saturated carbocycles. The maximum atomic E-state index is 3.50. The molecule has 0 amide bonds. The number of aryl methyl sites for hydroxylation is 2. The van der Waals surface area contributed by atoms with Gasteiger partial charge in [0.05, 0.1) is 0 Å². The zero-order valence-corrected chi connectivity index (χ0v) is 12.6. The van der Waals surface area contributed by atoms with Gasteiger partial charge in [0.25, 0.3) is 0 Å². The summed E-state index contributed by atoms with van der Waals surface area (Å²) in [5.74, 6) is 1.13. The van der Waals surface area contributed by atoms with Crippen LogP contribution in [0.5, 0.6) is 0 Å². The van der Waals surface area contributed by atoms with Gasteiger partial charge in [-0.05, 0) is 48.1 Å². The molecule has 0 fully saturated rings. The fourth-order valence-electron chi connectivity index (χ4n) is 2.71. The summed E-state index contributed by atoms with van der Waals surface area (Å²) in [6.07, 6.45) is 3.89. The fraction of sp³-hybridized carbons (Fsp3) is 0.333. The van der Waals surface area contributed by atoms with Crippen LogP contribution in [0.2, 0.25) is 0 Å². The van der Waals surface area contributed by atoms with Gasteiger partial charge in [-0.2, -0.15) is 0 Å². The van der Waals surface area contributed by atoms with Gasteiger partial charge in [-0.3, -0.25) is 0 Å². The van der Waals surface area contributed by atoms with Crippen LogP contribution >= 0.6 is 11.8 Å². The fourth-order valence-corrected chi connectivity index (χ4v) is 3.58. The summed E-state index contributed by atoms with van der Waals surface area (Å²) in [6, 6.07) is 17.6. The highest BCUT2D eigenvalue weighted by Crippen LogP contribution is 2.27. The van der Waals surface area contributed by atoms with E-state index in [0.717, 1.165) is 18.8 Å². The van der Waals surface area contributed by atoms with Crippen LogP contribution in [0.1, 0.15) is 23.1 Å². The summed E-state index contributed by atoms with van der Waals surface area (Å²) in [5, 5.41) is 3.50. The Bertz CT molecular complexity index is 551. The first-order valence-electron chi connectivity index (χ1n) is 7.41. The molecule has 2 aromatic rings. The van der Waals surface area contributed by atoms with Crippen molar-refractivity contribution < 1.29 is 0 Å². The zero-order chi connectivity index (χ0) is 13.6. The minimum Gasteiger partial charge on any atom is -0.312 e. The van der Waals surface area contributed by atoms with Crippen LogP contribution in [0.4, 0.5) is 0 Å². The standard InChI is InChI=1S/C18H21NS/c1-2-5-15(6-3-1)14-19-11-12-20-18-10-9-16-7-4-8-17(16)13-18/h1-3,5-6,9-10,13,19H,4,7-8,11-12,14H2. The number of benzene rings is 2. The highest BCUT2D eigenvalue weighted by molar-refractivity contribution is 7.99. The molecule has 2 aromatic carbocycles. The van der Waals surface area contributed by atoms with Crippen molar-refractivity contribution in [1.29, 1.82) is 0 Å². The molecule has 1 aliphatic carbocycles. The van der Waals surface area contributed by atoms with Gasteiger partial charge in [-0.25, -0.2) is 0 Å². The summed E-state index contributed by atoms with van der Waals surface area (Å²) in [7, 11) is 0. The molecule has 0 spiro atoms. The van der Waals surface area contributed by atoms with E-state index in [1.165, 1.54) is 29.7 Å². The van der Waals surface area contributed by atoms with Crippen LogP contribution in [-0.2, 0) is 19.4 Å². The highest BCUT2D eigenvalue weighted by atomic mass is 32.2. The third-order valence-electron chi connectivity index (χ3n) is 3.79. The van der Waals surface area contributed by atoms with E-state index >= 15 is 0 Å². The van der Waals surface area contributed by atoms with Gasteiger partial charge in [0, 0.05) is 23.7 Å². The Morgan fingerprint density at radius 3 is 2.70 bits per heavy atom. The Kier molecular flexibility index (Phi) is 4.77. The SMILES string of the molecule is c1ccc(CNCCSc2ccc3c(c2)CCC3)cc1. The van der Waals surface area contributed by atoms with Gasteiger partial charge < -0.3 is 5.32 Å². The summed E-state index contributed by atoms with van der Waals surface area (Å²) in [6.45, 7) is 2.02. The summed E-state index contributed by atoms with van der Waals surface area (Å²) in [5.41, 5.74) is 4.50. The normalized spacial score (nSPS) is 13.4. The van der Waals surface area contributed by atoms with E-state index in [1.54, 1.807) is 11.1 Å². The summed E-state index contributed by atoms with van der Waals surface area (Å²) in [4.78, 5) is 1.42. The molecular formula is C18H21NS. The molecule has 3 rings (SSSR count). The molecule has 104 valence electrons. The van der Waals surface area contributed by atoms with Gasteiger partial charge in [-0.1, -0.05) is 36.4 Å². The van der Waals surface area contributed by atoms with E-state index in [1.807, 2.05) is 11.8 Å². The van der Waals surface area contributed by atoms with Crippen molar-refractivity contribution in [3.05, 3.63) is 65.2 Å². The van der Waals surface area contributed by atoms with Gasteiger partial charge >= 0.3 is 0 Å². The molecule has 0 atom stereocenters. The van der Waals surface area contributed by atoms with Gasteiger partial charge in [0.2, 0.25) is 0 Å². The van der Waals surface area contributed by atoms with Crippen LogP contribution in [0.3, 0.4) is 0 Å². The van der Waals surface area contributed by atoms with E-state index < -0.39 is 0 Å². The maximum absolute atomic E-state index is 3.50. The number of rotatable bonds is 6. The first kappa shape index (κ1) is 13.7. The average molecular weight is 283 g/mol.